The monoisotopic (exact) mass is 335 g/mol. The summed E-state index contributed by atoms with van der Waals surface area (Å²) >= 11 is 0. The summed E-state index contributed by atoms with van der Waals surface area (Å²) in [4.78, 5) is 4.41. The van der Waals surface area contributed by atoms with Crippen LogP contribution in [0.15, 0.2) is 36.5 Å². The van der Waals surface area contributed by atoms with E-state index in [1.54, 1.807) is 7.05 Å². The minimum absolute atomic E-state index is 0.165. The molecule has 0 amide bonds. The van der Waals surface area contributed by atoms with Crippen LogP contribution in [0.25, 0.3) is 10.9 Å². The van der Waals surface area contributed by atoms with Crippen molar-refractivity contribution in [2.24, 2.45) is 0 Å². The number of hydrogen-bond acceptors (Lipinski definition) is 2. The Morgan fingerprint density at radius 1 is 1.20 bits per heavy atom. The molecule has 3 heterocycles. The van der Waals surface area contributed by atoms with Crippen molar-refractivity contribution in [3.05, 3.63) is 69.8 Å². The summed E-state index contributed by atoms with van der Waals surface area (Å²) in [6.45, 7) is 6.31. The van der Waals surface area contributed by atoms with E-state index in [-0.39, 0.29) is 4.65 Å². The first-order chi connectivity index (χ1) is 11.9. The van der Waals surface area contributed by atoms with Gasteiger partial charge in [-0.25, -0.2) is 0 Å². The van der Waals surface area contributed by atoms with Crippen molar-refractivity contribution >= 4 is 10.9 Å². The van der Waals surface area contributed by atoms with E-state index in [1.165, 1.54) is 33.3 Å². The fourth-order valence-corrected chi connectivity index (χ4v) is 3.95. The van der Waals surface area contributed by atoms with Crippen LogP contribution in [0.5, 0.6) is 0 Å². The molecule has 130 valence electrons. The second-order valence-corrected chi connectivity index (χ2v) is 7.58. The molecule has 0 saturated heterocycles. The lowest BCUT2D eigenvalue weighted by Crippen LogP contribution is -2.42. The Labute approximate surface area is 148 Å². The number of rotatable bonds is 3. The van der Waals surface area contributed by atoms with E-state index in [0.717, 1.165) is 25.1 Å². The van der Waals surface area contributed by atoms with Gasteiger partial charge in [-0.15, -0.1) is 0 Å². The van der Waals surface area contributed by atoms with Gasteiger partial charge in [-0.05, 0) is 44.0 Å². The largest absolute Gasteiger partial charge is 0.633 e. The second kappa shape index (κ2) is 5.97. The average molecular weight is 335 g/mol. The molecule has 1 unspecified atom stereocenters. The van der Waals surface area contributed by atoms with E-state index < -0.39 is 0 Å². The van der Waals surface area contributed by atoms with E-state index in [1.807, 2.05) is 13.1 Å². The number of aromatic nitrogens is 2. The van der Waals surface area contributed by atoms with Gasteiger partial charge in [0, 0.05) is 47.0 Å². The van der Waals surface area contributed by atoms with E-state index in [4.69, 9.17) is 0 Å². The van der Waals surface area contributed by atoms with Crippen molar-refractivity contribution in [3.63, 3.8) is 0 Å². The highest BCUT2D eigenvalue weighted by molar-refractivity contribution is 5.86. The van der Waals surface area contributed by atoms with Crippen LogP contribution < -0.4 is 0 Å². The first-order valence-electron chi connectivity index (χ1n) is 9.01. The number of quaternary nitrogens is 1. The van der Waals surface area contributed by atoms with Crippen LogP contribution in [0.4, 0.5) is 0 Å². The highest BCUT2D eigenvalue weighted by atomic mass is 16.5. The molecule has 0 saturated carbocycles. The zero-order valence-corrected chi connectivity index (χ0v) is 15.2. The fraction of sp³-hybridized carbons (Fsp3) is 0.381. The highest BCUT2D eigenvalue weighted by Crippen LogP contribution is 2.33. The van der Waals surface area contributed by atoms with Gasteiger partial charge in [-0.3, -0.25) is 4.98 Å². The van der Waals surface area contributed by atoms with Gasteiger partial charge in [-0.1, -0.05) is 17.7 Å². The molecule has 2 aromatic heterocycles. The Morgan fingerprint density at radius 3 is 2.80 bits per heavy atom. The van der Waals surface area contributed by atoms with Crippen molar-refractivity contribution < 1.29 is 4.65 Å². The SMILES string of the molecule is Cc1ccc2c(c1)c1c(n2CCc2ccc(C)nc2)CC[N+](C)([O-])C1. The summed E-state index contributed by atoms with van der Waals surface area (Å²) < 4.78 is 2.27. The third-order valence-corrected chi connectivity index (χ3v) is 5.35. The molecule has 0 N–H and O–H groups in total. The predicted octanol–water partition coefficient (Wildman–Crippen LogP) is 3.90. The van der Waals surface area contributed by atoms with Crippen molar-refractivity contribution in [1.29, 1.82) is 0 Å². The van der Waals surface area contributed by atoms with Crippen LogP contribution in [0.2, 0.25) is 0 Å². The number of hydroxylamine groups is 3. The third-order valence-electron chi connectivity index (χ3n) is 5.35. The van der Waals surface area contributed by atoms with Gasteiger partial charge in [0.1, 0.15) is 6.54 Å². The van der Waals surface area contributed by atoms with Crippen LogP contribution in [-0.2, 0) is 25.9 Å². The minimum Gasteiger partial charge on any atom is -0.633 e. The molecule has 1 aliphatic heterocycles. The van der Waals surface area contributed by atoms with Gasteiger partial charge in [0.15, 0.2) is 0 Å². The standard InChI is InChI=1S/C21H25N3O/c1-15-4-7-20-18(12-15)19-14-24(3,25)11-9-21(19)23(20)10-8-17-6-5-16(2)22-13-17/h4-7,12-13H,8-11,14H2,1-3H3. The third kappa shape index (κ3) is 3.08. The van der Waals surface area contributed by atoms with Gasteiger partial charge in [0.2, 0.25) is 0 Å². The molecule has 0 fully saturated rings. The molecule has 1 aromatic carbocycles. The molecular formula is C21H25N3O. The Hall–Kier alpha value is -2.17. The maximum absolute atomic E-state index is 12.6. The van der Waals surface area contributed by atoms with Gasteiger partial charge in [0.05, 0.1) is 13.6 Å². The number of hydrogen-bond donors (Lipinski definition) is 0. The normalized spacial score (nSPS) is 20.0. The Morgan fingerprint density at radius 2 is 2.04 bits per heavy atom. The van der Waals surface area contributed by atoms with E-state index in [9.17, 15) is 5.21 Å². The molecule has 4 rings (SSSR count). The number of aryl methyl sites for hydroxylation is 4. The van der Waals surface area contributed by atoms with E-state index in [2.05, 4.69) is 46.8 Å². The van der Waals surface area contributed by atoms with Gasteiger partial charge in [0.25, 0.3) is 0 Å². The molecule has 25 heavy (non-hydrogen) atoms. The number of likely N-dealkylation sites (N-methyl/N-ethyl adjacent to an activating group) is 1. The molecule has 1 aliphatic rings. The lowest BCUT2D eigenvalue weighted by molar-refractivity contribution is -0.876. The summed E-state index contributed by atoms with van der Waals surface area (Å²) in [6.07, 6.45) is 3.79. The Bertz CT molecular complexity index is 922. The lowest BCUT2D eigenvalue weighted by Gasteiger charge is -2.41. The highest BCUT2D eigenvalue weighted by Gasteiger charge is 2.27. The Kier molecular flexibility index (Phi) is 3.89. The van der Waals surface area contributed by atoms with Crippen LogP contribution in [-0.4, -0.2) is 27.8 Å². The Balaban J connectivity index is 1.74. The quantitative estimate of drug-likeness (QED) is 0.538. The fourth-order valence-electron chi connectivity index (χ4n) is 3.95. The number of nitrogens with zero attached hydrogens (tertiary/aromatic N) is 3. The number of fused-ring (bicyclic) bond motifs is 3. The maximum atomic E-state index is 12.6. The summed E-state index contributed by atoms with van der Waals surface area (Å²) in [5, 5.41) is 13.8. The number of pyridine rings is 1. The first-order valence-corrected chi connectivity index (χ1v) is 9.01. The first kappa shape index (κ1) is 16.3. The summed E-state index contributed by atoms with van der Waals surface area (Å²) in [6, 6.07) is 10.9. The van der Waals surface area contributed by atoms with Gasteiger partial charge >= 0.3 is 0 Å². The molecular weight excluding hydrogens is 310 g/mol. The average Bonchev–Trinajstić information content (AvgIpc) is 2.86. The smallest absolute Gasteiger partial charge is 0.106 e. The van der Waals surface area contributed by atoms with Gasteiger partial charge in [-0.2, -0.15) is 0 Å². The zero-order valence-electron chi connectivity index (χ0n) is 15.2. The van der Waals surface area contributed by atoms with E-state index >= 15 is 0 Å². The van der Waals surface area contributed by atoms with Crippen molar-refractivity contribution in [3.8, 4) is 0 Å². The maximum Gasteiger partial charge on any atom is 0.106 e. The van der Waals surface area contributed by atoms with E-state index in [0.29, 0.717) is 13.1 Å². The molecule has 0 spiro atoms. The predicted molar refractivity (Wildman–Crippen MR) is 101 cm³/mol. The van der Waals surface area contributed by atoms with Crippen LogP contribution in [0, 0.1) is 19.1 Å². The minimum atomic E-state index is -0.165. The van der Waals surface area contributed by atoms with Crippen LogP contribution in [0.3, 0.4) is 0 Å². The van der Waals surface area contributed by atoms with Crippen molar-refractivity contribution in [2.45, 2.75) is 39.8 Å². The zero-order chi connectivity index (χ0) is 17.6. The molecule has 4 nitrogen and oxygen atoms in total. The molecule has 0 bridgehead atoms. The topological polar surface area (TPSA) is 40.9 Å². The summed E-state index contributed by atoms with van der Waals surface area (Å²) in [5.41, 5.74) is 7.43. The molecule has 3 aromatic rings. The van der Waals surface area contributed by atoms with Gasteiger partial charge < -0.3 is 14.4 Å². The summed E-state index contributed by atoms with van der Waals surface area (Å²) in [7, 11) is 1.79. The molecule has 4 heteroatoms. The molecule has 1 atom stereocenters. The lowest BCUT2D eigenvalue weighted by atomic mass is 10.0. The second-order valence-electron chi connectivity index (χ2n) is 7.58. The van der Waals surface area contributed by atoms with Crippen LogP contribution in [0.1, 0.15) is 28.1 Å². The number of benzene rings is 1. The molecule has 0 radical (unpaired) electrons. The molecule has 0 aliphatic carbocycles. The van der Waals surface area contributed by atoms with Crippen molar-refractivity contribution in [2.75, 3.05) is 13.6 Å². The van der Waals surface area contributed by atoms with Crippen molar-refractivity contribution in [1.82, 2.24) is 9.55 Å². The van der Waals surface area contributed by atoms with Crippen LogP contribution >= 0.6 is 0 Å². The summed E-state index contributed by atoms with van der Waals surface area (Å²) in [5.74, 6) is 0.